The van der Waals surface area contributed by atoms with E-state index in [-0.39, 0.29) is 16.8 Å². The Labute approximate surface area is 102 Å². The lowest BCUT2D eigenvalue weighted by atomic mass is 10.2. The zero-order valence-corrected chi connectivity index (χ0v) is 9.80. The third-order valence-corrected chi connectivity index (χ3v) is 2.99. The minimum Gasteiger partial charge on any atom is -0.504 e. The van der Waals surface area contributed by atoms with E-state index in [1.165, 1.54) is 13.2 Å². The van der Waals surface area contributed by atoms with Crippen LogP contribution in [0.4, 0.5) is 0 Å². The van der Waals surface area contributed by atoms with E-state index in [2.05, 4.69) is 5.32 Å². The second-order valence-electron chi connectivity index (χ2n) is 3.33. The van der Waals surface area contributed by atoms with Gasteiger partial charge in [0.25, 0.3) is 5.91 Å². The van der Waals surface area contributed by atoms with Gasteiger partial charge in [-0.15, -0.1) is 0 Å². The predicted octanol–water partition coefficient (Wildman–Crippen LogP) is 1.54. The van der Waals surface area contributed by atoms with E-state index in [0.717, 1.165) is 11.8 Å². The third kappa shape index (κ3) is 2.42. The van der Waals surface area contributed by atoms with Gasteiger partial charge in [0.05, 0.1) is 12.0 Å². The number of hydrogen-bond donors (Lipinski definition) is 3. The number of amidine groups is 1. The van der Waals surface area contributed by atoms with E-state index in [9.17, 15) is 9.90 Å². The lowest BCUT2D eigenvalue weighted by molar-refractivity contribution is -0.115. The molecule has 3 N–H and O–H groups in total. The van der Waals surface area contributed by atoms with Crippen LogP contribution < -0.4 is 10.1 Å². The highest BCUT2D eigenvalue weighted by Gasteiger charge is 2.22. The van der Waals surface area contributed by atoms with Crippen LogP contribution in [0.1, 0.15) is 5.56 Å². The van der Waals surface area contributed by atoms with E-state index in [4.69, 9.17) is 10.1 Å². The molecule has 0 unspecified atom stereocenters. The molecule has 0 atom stereocenters. The molecule has 88 valence electrons. The molecule has 0 bridgehead atoms. The van der Waals surface area contributed by atoms with E-state index in [0.29, 0.717) is 16.2 Å². The number of amides is 1. The number of phenols is 1. The summed E-state index contributed by atoms with van der Waals surface area (Å²) in [6.45, 7) is 0. The van der Waals surface area contributed by atoms with Crippen LogP contribution in [-0.4, -0.2) is 23.3 Å². The van der Waals surface area contributed by atoms with E-state index < -0.39 is 0 Å². The molecule has 1 aliphatic rings. The fraction of sp³-hybridized carbons (Fsp3) is 0.0909. The predicted molar refractivity (Wildman–Crippen MR) is 66.1 cm³/mol. The second kappa shape index (κ2) is 4.50. The molecule has 0 radical (unpaired) electrons. The first-order valence-corrected chi connectivity index (χ1v) is 5.58. The number of carbonyl (C=O) groups is 1. The Morgan fingerprint density at radius 2 is 2.29 bits per heavy atom. The lowest BCUT2D eigenvalue weighted by Gasteiger charge is -2.03. The highest BCUT2D eigenvalue weighted by Crippen LogP contribution is 2.30. The largest absolute Gasteiger partial charge is 0.504 e. The average Bonchev–Trinajstić information content (AvgIpc) is 2.58. The number of aromatic hydroxyl groups is 1. The molecule has 1 fully saturated rings. The Morgan fingerprint density at radius 1 is 1.53 bits per heavy atom. The SMILES string of the molecule is COc1ccc(/C=C2\SC(=N)NC2=O)cc1O. The molecular formula is C11H10N2O3S. The minimum atomic E-state index is -0.296. The van der Waals surface area contributed by atoms with Gasteiger partial charge in [-0.3, -0.25) is 10.2 Å². The normalized spacial score (nSPS) is 17.4. The van der Waals surface area contributed by atoms with Crippen molar-refractivity contribution in [2.45, 2.75) is 0 Å². The molecule has 0 aromatic heterocycles. The van der Waals surface area contributed by atoms with Gasteiger partial charge in [0.1, 0.15) is 0 Å². The van der Waals surface area contributed by atoms with Crippen molar-refractivity contribution in [3.8, 4) is 11.5 Å². The molecule has 1 amide bonds. The third-order valence-electron chi connectivity index (χ3n) is 2.16. The van der Waals surface area contributed by atoms with Gasteiger partial charge in [0.2, 0.25) is 0 Å². The summed E-state index contributed by atoms with van der Waals surface area (Å²) in [7, 11) is 1.47. The van der Waals surface area contributed by atoms with Gasteiger partial charge < -0.3 is 15.2 Å². The van der Waals surface area contributed by atoms with Crippen LogP contribution in [0.25, 0.3) is 6.08 Å². The molecule has 17 heavy (non-hydrogen) atoms. The Bertz CT molecular complexity index is 525. The number of rotatable bonds is 2. The van der Waals surface area contributed by atoms with Gasteiger partial charge in [-0.2, -0.15) is 0 Å². The Morgan fingerprint density at radius 3 is 2.82 bits per heavy atom. The number of hydrogen-bond acceptors (Lipinski definition) is 5. The summed E-state index contributed by atoms with van der Waals surface area (Å²) in [5.41, 5.74) is 0.677. The van der Waals surface area contributed by atoms with Crippen molar-refractivity contribution in [2.75, 3.05) is 7.11 Å². The first-order chi connectivity index (χ1) is 8.10. The van der Waals surface area contributed by atoms with Crippen molar-refractivity contribution in [3.05, 3.63) is 28.7 Å². The summed E-state index contributed by atoms with van der Waals surface area (Å²) in [6.07, 6.45) is 1.61. The zero-order valence-electron chi connectivity index (χ0n) is 8.98. The molecule has 1 aromatic rings. The molecule has 2 rings (SSSR count). The number of thioether (sulfide) groups is 1. The fourth-order valence-electron chi connectivity index (χ4n) is 1.39. The molecule has 1 heterocycles. The van der Waals surface area contributed by atoms with Crippen molar-refractivity contribution < 1.29 is 14.6 Å². The summed E-state index contributed by atoms with van der Waals surface area (Å²) in [4.78, 5) is 11.8. The van der Waals surface area contributed by atoms with Crippen LogP contribution in [0.2, 0.25) is 0 Å². The maximum atomic E-state index is 11.4. The number of methoxy groups -OCH3 is 1. The van der Waals surface area contributed by atoms with Crippen molar-refractivity contribution in [1.29, 1.82) is 5.41 Å². The van der Waals surface area contributed by atoms with Gasteiger partial charge in [0, 0.05) is 0 Å². The highest BCUT2D eigenvalue weighted by atomic mass is 32.2. The van der Waals surface area contributed by atoms with Crippen molar-refractivity contribution in [3.63, 3.8) is 0 Å². The fourth-order valence-corrected chi connectivity index (χ4v) is 2.09. The van der Waals surface area contributed by atoms with Crippen molar-refractivity contribution in [2.24, 2.45) is 0 Å². The average molecular weight is 250 g/mol. The Hall–Kier alpha value is -1.95. The first-order valence-electron chi connectivity index (χ1n) is 4.76. The van der Waals surface area contributed by atoms with Crippen molar-refractivity contribution >= 4 is 28.9 Å². The van der Waals surface area contributed by atoms with E-state index >= 15 is 0 Å². The molecule has 1 aliphatic heterocycles. The standard InChI is InChI=1S/C11H10N2O3S/c1-16-8-3-2-6(4-7(8)14)5-9-10(15)13-11(12)17-9/h2-5,14H,1H3,(H2,12,13,15)/b9-5-. The van der Waals surface area contributed by atoms with Crippen LogP contribution >= 0.6 is 11.8 Å². The molecule has 1 saturated heterocycles. The van der Waals surface area contributed by atoms with Gasteiger partial charge in [-0.05, 0) is 35.5 Å². The van der Waals surface area contributed by atoms with Gasteiger partial charge in [-0.1, -0.05) is 6.07 Å². The second-order valence-corrected chi connectivity index (χ2v) is 4.38. The highest BCUT2D eigenvalue weighted by molar-refractivity contribution is 8.18. The topological polar surface area (TPSA) is 82.4 Å². The van der Waals surface area contributed by atoms with Crippen LogP contribution in [0, 0.1) is 5.41 Å². The molecular weight excluding hydrogens is 240 g/mol. The molecule has 0 spiro atoms. The quantitative estimate of drug-likeness (QED) is 0.695. The van der Waals surface area contributed by atoms with Gasteiger partial charge in [-0.25, -0.2) is 0 Å². The maximum Gasteiger partial charge on any atom is 0.264 e. The summed E-state index contributed by atoms with van der Waals surface area (Å²) in [6, 6.07) is 4.84. The molecule has 6 heteroatoms. The minimum absolute atomic E-state index is 0.0142. The van der Waals surface area contributed by atoms with Crippen molar-refractivity contribution in [1.82, 2.24) is 5.32 Å². The number of ether oxygens (including phenoxy) is 1. The monoisotopic (exact) mass is 250 g/mol. The molecule has 1 aromatic carbocycles. The van der Waals surface area contributed by atoms with E-state index in [1.807, 2.05) is 0 Å². The number of benzene rings is 1. The number of phenolic OH excluding ortho intramolecular Hbond substituents is 1. The molecule has 0 saturated carbocycles. The lowest BCUT2D eigenvalue weighted by Crippen LogP contribution is -2.18. The Kier molecular flexibility index (Phi) is 3.06. The summed E-state index contributed by atoms with van der Waals surface area (Å²) >= 11 is 1.06. The Balaban J connectivity index is 2.30. The van der Waals surface area contributed by atoms with Crippen LogP contribution in [0.3, 0.4) is 0 Å². The summed E-state index contributed by atoms with van der Waals surface area (Å²) in [5.74, 6) is 0.0964. The summed E-state index contributed by atoms with van der Waals surface area (Å²) in [5, 5.41) is 19.4. The van der Waals surface area contributed by atoms with Crippen LogP contribution in [-0.2, 0) is 4.79 Å². The molecule has 5 nitrogen and oxygen atoms in total. The molecule has 0 aliphatic carbocycles. The summed E-state index contributed by atoms with van der Waals surface area (Å²) < 4.78 is 4.92. The maximum absolute atomic E-state index is 11.4. The number of nitrogens with one attached hydrogen (secondary N) is 2. The van der Waals surface area contributed by atoms with Crippen LogP contribution in [0.5, 0.6) is 11.5 Å². The first kappa shape index (κ1) is 11.5. The zero-order chi connectivity index (χ0) is 12.4. The van der Waals surface area contributed by atoms with Gasteiger partial charge >= 0.3 is 0 Å². The van der Waals surface area contributed by atoms with E-state index in [1.54, 1.807) is 18.2 Å². The smallest absolute Gasteiger partial charge is 0.264 e. The van der Waals surface area contributed by atoms with Gasteiger partial charge in [0.15, 0.2) is 16.7 Å². The number of carbonyl (C=O) groups excluding carboxylic acids is 1. The van der Waals surface area contributed by atoms with Crippen LogP contribution in [0.15, 0.2) is 23.1 Å².